The number of anilines is 1. The molecule has 1 aromatic rings. The van der Waals surface area contributed by atoms with E-state index in [1.807, 2.05) is 0 Å². The fourth-order valence-electron chi connectivity index (χ4n) is 1.75. The van der Waals surface area contributed by atoms with Gasteiger partial charge < -0.3 is 20.5 Å². The molecular formula is C11H18N4O3. The number of aromatic nitrogens is 2. The van der Waals surface area contributed by atoms with Gasteiger partial charge in [0.1, 0.15) is 5.54 Å². The zero-order chi connectivity index (χ0) is 13.0. The van der Waals surface area contributed by atoms with Gasteiger partial charge in [0.25, 0.3) is 0 Å². The molecule has 3 N–H and O–H groups in total. The number of amides is 1. The summed E-state index contributed by atoms with van der Waals surface area (Å²) in [5.41, 5.74) is 5.66. The van der Waals surface area contributed by atoms with Gasteiger partial charge in [0.2, 0.25) is 5.91 Å². The molecule has 1 unspecified atom stereocenters. The standard InChI is InChI=1S/C11H18N4O3/c1-17-5-3-15-7-9(6-13-15)14-10(16)11(12)2-4-18-8-11/h6-7H,2-5,8,12H2,1H3,(H,14,16). The van der Waals surface area contributed by atoms with E-state index in [2.05, 4.69) is 10.4 Å². The lowest BCUT2D eigenvalue weighted by Gasteiger charge is -2.19. The number of nitrogens with two attached hydrogens (primary N) is 1. The molecule has 1 atom stereocenters. The lowest BCUT2D eigenvalue weighted by atomic mass is 9.99. The van der Waals surface area contributed by atoms with Gasteiger partial charge in [-0.1, -0.05) is 0 Å². The van der Waals surface area contributed by atoms with Crippen molar-refractivity contribution in [3.8, 4) is 0 Å². The number of rotatable bonds is 5. The first-order chi connectivity index (χ1) is 8.64. The van der Waals surface area contributed by atoms with E-state index in [-0.39, 0.29) is 12.5 Å². The average Bonchev–Trinajstić information content (AvgIpc) is 2.97. The summed E-state index contributed by atoms with van der Waals surface area (Å²) in [6.45, 7) is 2.00. The Morgan fingerprint density at radius 2 is 2.61 bits per heavy atom. The van der Waals surface area contributed by atoms with Crippen molar-refractivity contribution < 1.29 is 14.3 Å². The zero-order valence-electron chi connectivity index (χ0n) is 10.4. The third-order valence-electron chi connectivity index (χ3n) is 2.92. The van der Waals surface area contributed by atoms with Crippen LogP contribution in [0.5, 0.6) is 0 Å². The van der Waals surface area contributed by atoms with Gasteiger partial charge in [-0.2, -0.15) is 5.10 Å². The Kier molecular flexibility index (Phi) is 3.95. The maximum atomic E-state index is 12.0. The molecule has 2 heterocycles. The van der Waals surface area contributed by atoms with E-state index in [9.17, 15) is 4.79 Å². The Morgan fingerprint density at radius 1 is 1.78 bits per heavy atom. The highest BCUT2D eigenvalue weighted by molar-refractivity contribution is 5.98. The highest BCUT2D eigenvalue weighted by Crippen LogP contribution is 2.18. The first kappa shape index (κ1) is 13.0. The third kappa shape index (κ3) is 2.87. The van der Waals surface area contributed by atoms with Gasteiger partial charge in [-0.25, -0.2) is 0 Å². The molecule has 7 nitrogen and oxygen atoms in total. The van der Waals surface area contributed by atoms with Crippen molar-refractivity contribution in [2.45, 2.75) is 18.5 Å². The van der Waals surface area contributed by atoms with Crippen LogP contribution in [-0.4, -0.2) is 48.2 Å². The predicted molar refractivity (Wildman–Crippen MR) is 65.1 cm³/mol. The number of carbonyl (C=O) groups excluding carboxylic acids is 1. The summed E-state index contributed by atoms with van der Waals surface area (Å²) < 4.78 is 11.8. The summed E-state index contributed by atoms with van der Waals surface area (Å²) in [5, 5.41) is 6.86. The smallest absolute Gasteiger partial charge is 0.247 e. The van der Waals surface area contributed by atoms with Gasteiger partial charge in [-0.3, -0.25) is 9.48 Å². The average molecular weight is 254 g/mol. The van der Waals surface area contributed by atoms with Crippen LogP contribution in [0.15, 0.2) is 12.4 Å². The molecule has 18 heavy (non-hydrogen) atoms. The van der Waals surface area contributed by atoms with E-state index in [1.165, 1.54) is 0 Å². The molecule has 0 saturated carbocycles. The van der Waals surface area contributed by atoms with Gasteiger partial charge in [-0.05, 0) is 6.42 Å². The van der Waals surface area contributed by atoms with Crippen molar-refractivity contribution in [3.05, 3.63) is 12.4 Å². The molecule has 100 valence electrons. The second-order valence-electron chi connectivity index (χ2n) is 4.40. The highest BCUT2D eigenvalue weighted by Gasteiger charge is 2.38. The molecule has 1 aliphatic rings. The molecule has 1 aliphatic heterocycles. The van der Waals surface area contributed by atoms with Crippen LogP contribution < -0.4 is 11.1 Å². The number of carbonyl (C=O) groups is 1. The van der Waals surface area contributed by atoms with E-state index < -0.39 is 5.54 Å². The monoisotopic (exact) mass is 254 g/mol. The topological polar surface area (TPSA) is 91.4 Å². The molecule has 0 spiro atoms. The molecular weight excluding hydrogens is 236 g/mol. The summed E-state index contributed by atoms with van der Waals surface area (Å²) in [5.74, 6) is -0.230. The summed E-state index contributed by atoms with van der Waals surface area (Å²) in [7, 11) is 1.63. The predicted octanol–water partition coefficient (Wildman–Crippen LogP) is -0.414. The van der Waals surface area contributed by atoms with E-state index in [4.69, 9.17) is 15.2 Å². The van der Waals surface area contributed by atoms with Gasteiger partial charge in [0.05, 0.1) is 31.6 Å². The minimum Gasteiger partial charge on any atom is -0.383 e. The van der Waals surface area contributed by atoms with E-state index >= 15 is 0 Å². The van der Waals surface area contributed by atoms with E-state index in [0.717, 1.165) is 0 Å². The van der Waals surface area contributed by atoms with Crippen LogP contribution in [0.3, 0.4) is 0 Å². The maximum Gasteiger partial charge on any atom is 0.247 e. The minimum atomic E-state index is -0.922. The lowest BCUT2D eigenvalue weighted by Crippen LogP contribution is -2.51. The van der Waals surface area contributed by atoms with Gasteiger partial charge in [0.15, 0.2) is 0 Å². The lowest BCUT2D eigenvalue weighted by molar-refractivity contribution is -0.121. The summed E-state index contributed by atoms with van der Waals surface area (Å²) >= 11 is 0. The number of nitrogens with zero attached hydrogens (tertiary/aromatic N) is 2. The number of hydrogen-bond acceptors (Lipinski definition) is 5. The molecule has 1 saturated heterocycles. The summed E-state index contributed by atoms with van der Waals surface area (Å²) in [4.78, 5) is 12.0. The minimum absolute atomic E-state index is 0.230. The van der Waals surface area contributed by atoms with Crippen molar-refractivity contribution in [3.63, 3.8) is 0 Å². The largest absolute Gasteiger partial charge is 0.383 e. The van der Waals surface area contributed by atoms with Crippen molar-refractivity contribution in [1.82, 2.24) is 9.78 Å². The second-order valence-corrected chi connectivity index (χ2v) is 4.40. The molecule has 0 radical (unpaired) electrons. The number of nitrogens with one attached hydrogen (secondary N) is 1. The Bertz CT molecular complexity index is 412. The number of ether oxygens (including phenoxy) is 2. The van der Waals surface area contributed by atoms with Crippen molar-refractivity contribution in [2.24, 2.45) is 5.73 Å². The quantitative estimate of drug-likeness (QED) is 0.745. The zero-order valence-corrected chi connectivity index (χ0v) is 10.4. The molecule has 0 aliphatic carbocycles. The first-order valence-electron chi connectivity index (χ1n) is 5.83. The molecule has 1 fully saturated rings. The highest BCUT2D eigenvalue weighted by atomic mass is 16.5. The van der Waals surface area contributed by atoms with Crippen molar-refractivity contribution in [1.29, 1.82) is 0 Å². The molecule has 0 bridgehead atoms. The molecule has 2 rings (SSSR count). The van der Waals surface area contributed by atoms with Gasteiger partial charge in [-0.15, -0.1) is 0 Å². The first-order valence-corrected chi connectivity index (χ1v) is 5.83. The SMILES string of the molecule is COCCn1cc(NC(=O)C2(N)CCOC2)cn1. The van der Waals surface area contributed by atoms with E-state index in [1.54, 1.807) is 24.2 Å². The van der Waals surface area contributed by atoms with Crippen molar-refractivity contribution >= 4 is 11.6 Å². The van der Waals surface area contributed by atoms with Crippen LogP contribution >= 0.6 is 0 Å². The normalized spacial score (nSPS) is 23.2. The van der Waals surface area contributed by atoms with Gasteiger partial charge in [0, 0.05) is 19.9 Å². The Morgan fingerprint density at radius 3 is 3.28 bits per heavy atom. The molecule has 1 aromatic heterocycles. The van der Waals surface area contributed by atoms with Crippen LogP contribution in [0.25, 0.3) is 0 Å². The fourth-order valence-corrected chi connectivity index (χ4v) is 1.75. The van der Waals surface area contributed by atoms with Gasteiger partial charge >= 0.3 is 0 Å². The maximum absolute atomic E-state index is 12.0. The van der Waals surface area contributed by atoms with Crippen LogP contribution in [0.1, 0.15) is 6.42 Å². The van der Waals surface area contributed by atoms with E-state index in [0.29, 0.717) is 31.9 Å². The summed E-state index contributed by atoms with van der Waals surface area (Å²) in [6, 6.07) is 0. The van der Waals surface area contributed by atoms with Crippen LogP contribution in [-0.2, 0) is 20.8 Å². The third-order valence-corrected chi connectivity index (χ3v) is 2.92. The van der Waals surface area contributed by atoms with Crippen molar-refractivity contribution in [2.75, 3.05) is 32.2 Å². The summed E-state index contributed by atoms with van der Waals surface area (Å²) in [6.07, 6.45) is 3.87. The van der Waals surface area contributed by atoms with Crippen LogP contribution in [0.2, 0.25) is 0 Å². The Labute approximate surface area is 105 Å². The molecule has 1 amide bonds. The van der Waals surface area contributed by atoms with Crippen LogP contribution in [0.4, 0.5) is 5.69 Å². The fraction of sp³-hybridized carbons (Fsp3) is 0.636. The Balaban J connectivity index is 1.92. The number of methoxy groups -OCH3 is 1. The molecule has 7 heteroatoms. The number of hydrogen-bond donors (Lipinski definition) is 2. The molecule has 0 aromatic carbocycles. The van der Waals surface area contributed by atoms with Crippen LogP contribution in [0, 0.1) is 0 Å². The Hall–Kier alpha value is -1.44. The second kappa shape index (κ2) is 5.47.